The summed E-state index contributed by atoms with van der Waals surface area (Å²) in [6, 6.07) is 6.79. The van der Waals surface area contributed by atoms with Crippen molar-refractivity contribution in [1.29, 1.82) is 0 Å². The van der Waals surface area contributed by atoms with E-state index in [4.69, 9.17) is 5.11 Å². The van der Waals surface area contributed by atoms with Crippen LogP contribution in [0.25, 0.3) is 32.6 Å². The average Bonchev–Trinajstić information content (AvgIpc) is 3.37. The van der Waals surface area contributed by atoms with E-state index >= 15 is 4.39 Å². The SMILES string of the molecule is CCNC(=O)Nc1nc2c(F)c(-c3cnc(N4CCN(CCC(=O)O)CC4)nc3)cc(-c3ccccn3)c2s1.[LiH]. The Morgan fingerprint density at radius 3 is 2.50 bits per heavy atom. The summed E-state index contributed by atoms with van der Waals surface area (Å²) in [6.45, 7) is 5.54. The summed E-state index contributed by atoms with van der Waals surface area (Å²) in [5.41, 5.74) is 2.23. The summed E-state index contributed by atoms with van der Waals surface area (Å²) in [5, 5.41) is 14.5. The minimum absolute atomic E-state index is 0. The quantitative estimate of drug-likeness (QED) is 0.279. The van der Waals surface area contributed by atoms with E-state index in [1.807, 2.05) is 17.0 Å². The molecule has 0 bridgehead atoms. The van der Waals surface area contributed by atoms with E-state index in [1.165, 1.54) is 11.3 Å². The van der Waals surface area contributed by atoms with Gasteiger partial charge in [-0.2, -0.15) is 0 Å². The molecule has 40 heavy (non-hydrogen) atoms. The van der Waals surface area contributed by atoms with Gasteiger partial charge < -0.3 is 15.3 Å². The van der Waals surface area contributed by atoms with Crippen molar-refractivity contribution in [3.8, 4) is 22.4 Å². The molecule has 1 aliphatic heterocycles. The maximum absolute atomic E-state index is 15.9. The minimum atomic E-state index is -0.805. The van der Waals surface area contributed by atoms with Gasteiger partial charge in [0.1, 0.15) is 5.52 Å². The Bertz CT molecular complexity index is 1480. The number of piperazine rings is 1. The van der Waals surface area contributed by atoms with Crippen LogP contribution in [0.5, 0.6) is 0 Å². The van der Waals surface area contributed by atoms with Crippen LogP contribution in [-0.2, 0) is 4.79 Å². The number of rotatable bonds is 8. The number of nitrogens with one attached hydrogen (secondary N) is 2. The van der Waals surface area contributed by atoms with Crippen LogP contribution in [0.3, 0.4) is 0 Å². The van der Waals surface area contributed by atoms with E-state index in [-0.39, 0.29) is 41.5 Å². The fraction of sp³-hybridized carbons (Fsp3) is 0.308. The van der Waals surface area contributed by atoms with Crippen LogP contribution in [0, 0.1) is 5.82 Å². The van der Waals surface area contributed by atoms with E-state index in [2.05, 4.69) is 35.5 Å². The molecule has 0 saturated carbocycles. The Hall–Kier alpha value is -3.63. The third-order valence-electron chi connectivity index (χ3n) is 6.35. The van der Waals surface area contributed by atoms with Crippen molar-refractivity contribution in [2.75, 3.05) is 49.5 Å². The second kappa shape index (κ2) is 13.1. The number of carboxylic acid groups (broad SMARTS) is 1. The number of aromatic nitrogens is 4. The molecule has 3 aromatic heterocycles. The first-order valence-electron chi connectivity index (χ1n) is 12.5. The summed E-state index contributed by atoms with van der Waals surface area (Å²) < 4.78 is 16.4. The maximum atomic E-state index is 15.9. The van der Waals surface area contributed by atoms with E-state index in [0.29, 0.717) is 66.7 Å². The van der Waals surface area contributed by atoms with Gasteiger partial charge in [0.2, 0.25) is 5.95 Å². The number of benzene rings is 1. The monoisotopic (exact) mass is 558 g/mol. The van der Waals surface area contributed by atoms with Crippen LogP contribution < -0.4 is 15.5 Å². The topological polar surface area (TPSA) is 136 Å². The zero-order chi connectivity index (χ0) is 27.4. The van der Waals surface area contributed by atoms with Crippen molar-refractivity contribution in [1.82, 2.24) is 30.2 Å². The van der Waals surface area contributed by atoms with Crippen molar-refractivity contribution >= 4 is 63.5 Å². The van der Waals surface area contributed by atoms with Gasteiger partial charge >= 0.3 is 30.9 Å². The molecule has 5 rings (SSSR count). The molecule has 1 aliphatic rings. The fourth-order valence-electron chi connectivity index (χ4n) is 4.38. The molecule has 1 aromatic carbocycles. The molecule has 14 heteroatoms. The number of hydrogen-bond acceptors (Lipinski definition) is 9. The molecule has 4 aromatic rings. The average molecular weight is 559 g/mol. The van der Waals surface area contributed by atoms with Crippen molar-refractivity contribution in [3.63, 3.8) is 0 Å². The van der Waals surface area contributed by atoms with Crippen LogP contribution in [0.15, 0.2) is 42.9 Å². The number of thiazole rings is 1. The number of halogens is 1. The number of carboxylic acids is 1. The molecule has 0 spiro atoms. The molecule has 1 fully saturated rings. The van der Waals surface area contributed by atoms with Crippen molar-refractivity contribution in [3.05, 3.63) is 48.7 Å². The molecule has 4 heterocycles. The summed E-state index contributed by atoms with van der Waals surface area (Å²) in [6.07, 6.45) is 4.96. The van der Waals surface area contributed by atoms with Gasteiger partial charge in [0.15, 0.2) is 10.9 Å². The molecule has 2 amide bonds. The molecule has 0 unspecified atom stereocenters. The molecule has 204 valence electrons. The van der Waals surface area contributed by atoms with E-state index in [0.717, 1.165) is 0 Å². The zero-order valence-electron chi connectivity index (χ0n) is 21.2. The molecular formula is C26H28FLiN8O3S. The standard InChI is InChI=1S/C26H27FN8O3S.Li.H/c1-2-28-25(38)33-26-32-22-21(27)17(13-18(23(22)39-26)19-5-3-4-7-29-19)16-14-30-24(31-15-16)35-11-9-34(10-12-35)8-6-20(36)37;;/h3-5,7,13-15H,2,6,8-12H2,1H3,(H,36,37)(H2,28,32,33,38);;. The number of hydrogen-bond donors (Lipinski definition) is 3. The van der Waals surface area contributed by atoms with Gasteiger partial charge in [-0.05, 0) is 25.1 Å². The van der Waals surface area contributed by atoms with Crippen LogP contribution >= 0.6 is 11.3 Å². The zero-order valence-corrected chi connectivity index (χ0v) is 22.0. The second-order valence-electron chi connectivity index (χ2n) is 8.93. The Kier molecular flexibility index (Phi) is 9.65. The first-order chi connectivity index (χ1) is 18.9. The number of nitrogens with zero attached hydrogens (tertiary/aromatic N) is 6. The third kappa shape index (κ3) is 6.56. The van der Waals surface area contributed by atoms with Crippen LogP contribution in [0.1, 0.15) is 13.3 Å². The summed E-state index contributed by atoms with van der Waals surface area (Å²) in [4.78, 5) is 44.9. The predicted octanol–water partition coefficient (Wildman–Crippen LogP) is 3.04. The third-order valence-corrected chi connectivity index (χ3v) is 7.35. The van der Waals surface area contributed by atoms with Crippen LogP contribution in [0.2, 0.25) is 0 Å². The number of carbonyl (C=O) groups excluding carboxylic acids is 1. The first-order valence-corrected chi connectivity index (χ1v) is 13.4. The van der Waals surface area contributed by atoms with Crippen molar-refractivity contribution < 1.29 is 19.1 Å². The number of pyridine rings is 1. The van der Waals surface area contributed by atoms with Gasteiger partial charge in [0.25, 0.3) is 0 Å². The fourth-order valence-corrected chi connectivity index (χ4v) is 5.36. The normalized spacial score (nSPS) is 13.6. The molecule has 1 saturated heterocycles. The van der Waals surface area contributed by atoms with Crippen molar-refractivity contribution in [2.45, 2.75) is 13.3 Å². The molecule has 0 atom stereocenters. The summed E-state index contributed by atoms with van der Waals surface area (Å²) in [7, 11) is 0. The van der Waals surface area contributed by atoms with Crippen LogP contribution in [0.4, 0.5) is 20.3 Å². The van der Waals surface area contributed by atoms with Gasteiger partial charge in [-0.15, -0.1) is 0 Å². The molecule has 3 N–H and O–H groups in total. The van der Waals surface area contributed by atoms with Gasteiger partial charge in [-0.25, -0.2) is 24.1 Å². The predicted molar refractivity (Wildman–Crippen MR) is 155 cm³/mol. The molecule has 0 radical (unpaired) electrons. The number of carbonyl (C=O) groups is 2. The second-order valence-corrected chi connectivity index (χ2v) is 9.93. The van der Waals surface area contributed by atoms with Gasteiger partial charge in [0, 0.05) is 74.5 Å². The number of amides is 2. The number of anilines is 2. The molecular weight excluding hydrogens is 530 g/mol. The van der Waals surface area contributed by atoms with Crippen molar-refractivity contribution in [2.24, 2.45) is 0 Å². The van der Waals surface area contributed by atoms with Gasteiger partial charge in [-0.1, -0.05) is 17.4 Å². The number of aliphatic carboxylic acids is 1. The Labute approximate surface area is 246 Å². The molecule has 11 nitrogen and oxygen atoms in total. The summed E-state index contributed by atoms with van der Waals surface area (Å²) in [5.74, 6) is -0.807. The van der Waals surface area contributed by atoms with Crippen LogP contribution in [-0.4, -0.2) is 100 Å². The van der Waals surface area contributed by atoms with E-state index in [9.17, 15) is 9.59 Å². The van der Waals surface area contributed by atoms with Gasteiger partial charge in [0.05, 0.1) is 16.8 Å². The number of urea groups is 1. The van der Waals surface area contributed by atoms with Gasteiger partial charge in [-0.3, -0.25) is 20.0 Å². The molecule has 0 aliphatic carbocycles. The Morgan fingerprint density at radius 1 is 1.10 bits per heavy atom. The van der Waals surface area contributed by atoms with E-state index < -0.39 is 17.8 Å². The van der Waals surface area contributed by atoms with E-state index in [1.54, 1.807) is 37.6 Å². The Morgan fingerprint density at radius 2 is 1.85 bits per heavy atom. The Balaban J connectivity index is 0.00000370. The summed E-state index contributed by atoms with van der Waals surface area (Å²) >= 11 is 1.18. The first kappa shape index (κ1) is 29.4. The number of fused-ring (bicyclic) bond motifs is 1.